The summed E-state index contributed by atoms with van der Waals surface area (Å²) in [6.07, 6.45) is 0.156. The minimum Gasteiger partial charge on any atom is -0.481 e. The van der Waals surface area contributed by atoms with Gasteiger partial charge in [-0.25, -0.2) is 0 Å². The summed E-state index contributed by atoms with van der Waals surface area (Å²) in [5, 5.41) is 7.86. The number of carboxylic acid groups (broad SMARTS) is 1. The third-order valence-electron chi connectivity index (χ3n) is 0.326. The maximum absolute atomic E-state index is 9.55. The van der Waals surface area contributed by atoms with Gasteiger partial charge < -0.3 is 5.11 Å². The van der Waals surface area contributed by atoms with Crippen LogP contribution in [0.15, 0.2) is 0 Å². The first kappa shape index (κ1) is 10.2. The molecule has 7 heavy (non-hydrogen) atoms. The molecule has 1 N–H and O–H groups in total. The quantitative estimate of drug-likeness (QED) is 0.560. The molecule has 0 aromatic carbocycles. The van der Waals surface area contributed by atoms with E-state index in [0.717, 1.165) is 0 Å². The van der Waals surface area contributed by atoms with Gasteiger partial charge in [0.15, 0.2) is 0 Å². The molecule has 0 spiro atoms. The Hall–Kier alpha value is 0.110. The highest BCUT2D eigenvalue weighted by Crippen LogP contribution is 1.79. The summed E-state index contributed by atoms with van der Waals surface area (Å²) < 4.78 is 0. The molecule has 0 unspecified atom stereocenters. The summed E-state index contributed by atoms with van der Waals surface area (Å²) in [7, 11) is 0. The van der Waals surface area contributed by atoms with Gasteiger partial charge in [-0.2, -0.15) is 12.6 Å². The van der Waals surface area contributed by atoms with E-state index >= 15 is 0 Å². The highest BCUT2D eigenvalue weighted by molar-refractivity contribution is 7.80. The predicted molar refractivity (Wildman–Crippen MR) is 33.4 cm³/mol. The van der Waals surface area contributed by atoms with E-state index in [4.69, 9.17) is 5.11 Å². The molecule has 0 amide bonds. The van der Waals surface area contributed by atoms with Gasteiger partial charge in [-0.1, -0.05) is 0 Å². The van der Waals surface area contributed by atoms with Crippen molar-refractivity contribution in [2.24, 2.45) is 0 Å². The fourth-order valence-electron chi connectivity index (χ4n) is 0.0956. The molecule has 0 aliphatic heterocycles. The van der Waals surface area contributed by atoms with Crippen molar-refractivity contribution in [3.63, 3.8) is 0 Å². The minimum atomic E-state index is -0.787. The summed E-state index contributed by atoms with van der Waals surface area (Å²) >= 11 is 3.68. The number of carboxylic acids is 1. The number of rotatable bonds is 2. The van der Waals surface area contributed by atoms with Gasteiger partial charge in [0.05, 0.1) is 6.42 Å². The van der Waals surface area contributed by atoms with E-state index in [0.29, 0.717) is 5.75 Å². The lowest BCUT2D eigenvalue weighted by atomic mass is 10.5. The van der Waals surface area contributed by atoms with Crippen molar-refractivity contribution in [3.8, 4) is 0 Å². The van der Waals surface area contributed by atoms with Crippen LogP contribution in [0, 0.1) is 0 Å². The Bertz CT molecular complexity index is 56.9. The van der Waals surface area contributed by atoms with Crippen molar-refractivity contribution in [2.75, 3.05) is 5.75 Å². The molecule has 2 nitrogen and oxygen atoms in total. The van der Waals surface area contributed by atoms with Crippen LogP contribution < -0.4 is 0 Å². The van der Waals surface area contributed by atoms with Crippen molar-refractivity contribution in [3.05, 3.63) is 0 Å². The van der Waals surface area contributed by atoms with Gasteiger partial charge in [0.25, 0.3) is 0 Å². The lowest BCUT2D eigenvalue weighted by Crippen LogP contribution is -1.93. The second-order valence-electron chi connectivity index (χ2n) is 0.867. The van der Waals surface area contributed by atoms with Crippen molar-refractivity contribution in [1.29, 1.82) is 0 Å². The zero-order valence-corrected chi connectivity index (χ0v) is 5.34. The SMILES string of the molecule is Cl.O=C(O)CCS. The van der Waals surface area contributed by atoms with Crippen LogP contribution in [-0.2, 0) is 4.79 Å². The predicted octanol–water partition coefficient (Wildman–Crippen LogP) is 0.813. The van der Waals surface area contributed by atoms with Crippen LogP contribution in [0.3, 0.4) is 0 Å². The molecule has 0 aliphatic carbocycles. The Kier molecular flexibility index (Phi) is 8.87. The average Bonchev–Trinajstić information content (AvgIpc) is 1.35. The molecular weight excluding hydrogens is 136 g/mol. The van der Waals surface area contributed by atoms with Gasteiger partial charge >= 0.3 is 5.97 Å². The summed E-state index contributed by atoms with van der Waals surface area (Å²) in [6, 6.07) is 0. The zero-order chi connectivity index (χ0) is 4.99. The van der Waals surface area contributed by atoms with Crippen LogP contribution in [0.25, 0.3) is 0 Å². The number of thiol groups is 1. The average molecular weight is 143 g/mol. The van der Waals surface area contributed by atoms with Crippen LogP contribution in [0.4, 0.5) is 0 Å². The van der Waals surface area contributed by atoms with Gasteiger partial charge in [0.2, 0.25) is 0 Å². The zero-order valence-electron chi connectivity index (χ0n) is 3.63. The molecule has 44 valence electrons. The maximum atomic E-state index is 9.55. The van der Waals surface area contributed by atoms with E-state index in [9.17, 15) is 4.79 Å². The monoisotopic (exact) mass is 142 g/mol. The highest BCUT2D eigenvalue weighted by atomic mass is 35.5. The lowest BCUT2D eigenvalue weighted by molar-refractivity contribution is -0.136. The van der Waals surface area contributed by atoms with E-state index in [1.54, 1.807) is 0 Å². The first-order valence-electron chi connectivity index (χ1n) is 1.60. The summed E-state index contributed by atoms with van der Waals surface area (Å²) in [5.41, 5.74) is 0. The first-order valence-corrected chi connectivity index (χ1v) is 2.23. The maximum Gasteiger partial charge on any atom is 0.304 e. The fourth-order valence-corrected chi connectivity index (χ4v) is 0.287. The molecule has 0 fully saturated rings. The fraction of sp³-hybridized carbons (Fsp3) is 0.667. The van der Waals surface area contributed by atoms with Gasteiger partial charge in [-0.15, -0.1) is 12.4 Å². The van der Waals surface area contributed by atoms with Crippen molar-refractivity contribution >= 4 is 31.0 Å². The smallest absolute Gasteiger partial charge is 0.304 e. The van der Waals surface area contributed by atoms with Crippen LogP contribution in [-0.4, -0.2) is 16.8 Å². The van der Waals surface area contributed by atoms with Crippen molar-refractivity contribution in [1.82, 2.24) is 0 Å². The molecule has 0 saturated carbocycles. The Morgan fingerprint density at radius 2 is 2.14 bits per heavy atom. The molecule has 0 aliphatic rings. The number of hydrogen-bond donors (Lipinski definition) is 2. The van der Waals surface area contributed by atoms with Crippen LogP contribution >= 0.6 is 25.0 Å². The minimum absolute atomic E-state index is 0. The molecular formula is C3H7ClO2S. The largest absolute Gasteiger partial charge is 0.481 e. The van der Waals surface area contributed by atoms with Gasteiger partial charge in [0, 0.05) is 5.75 Å². The van der Waals surface area contributed by atoms with Crippen LogP contribution in [0.2, 0.25) is 0 Å². The third-order valence-corrected chi connectivity index (χ3v) is 0.549. The van der Waals surface area contributed by atoms with Gasteiger partial charge in [0.1, 0.15) is 0 Å². The van der Waals surface area contributed by atoms with Gasteiger partial charge in [-0.05, 0) is 0 Å². The standard InChI is InChI=1S/C3H6O2S.ClH/c4-3(5)1-2-6;/h6H,1-2H2,(H,4,5);1H. The summed E-state index contributed by atoms with van der Waals surface area (Å²) in [6.45, 7) is 0. The molecule has 0 bridgehead atoms. The topological polar surface area (TPSA) is 37.3 Å². The molecule has 0 rings (SSSR count). The second-order valence-corrected chi connectivity index (χ2v) is 1.31. The number of hydrogen-bond acceptors (Lipinski definition) is 2. The van der Waals surface area contributed by atoms with E-state index in [-0.39, 0.29) is 18.8 Å². The van der Waals surface area contributed by atoms with Crippen molar-refractivity contribution < 1.29 is 9.90 Å². The van der Waals surface area contributed by atoms with Crippen molar-refractivity contribution in [2.45, 2.75) is 6.42 Å². The lowest BCUT2D eigenvalue weighted by Gasteiger charge is -1.79. The Morgan fingerprint density at radius 3 is 2.14 bits per heavy atom. The van der Waals surface area contributed by atoms with E-state index in [1.165, 1.54) is 0 Å². The molecule has 0 atom stereocenters. The van der Waals surface area contributed by atoms with Crippen LogP contribution in [0.5, 0.6) is 0 Å². The summed E-state index contributed by atoms with van der Waals surface area (Å²) in [5.74, 6) is -0.361. The molecule has 0 aromatic heterocycles. The third kappa shape index (κ3) is 10.7. The first-order chi connectivity index (χ1) is 2.77. The molecule has 4 heteroatoms. The van der Waals surface area contributed by atoms with Crippen LogP contribution in [0.1, 0.15) is 6.42 Å². The Labute approximate surface area is 53.7 Å². The summed E-state index contributed by atoms with van der Waals surface area (Å²) in [4.78, 5) is 9.55. The number of carbonyl (C=O) groups is 1. The van der Waals surface area contributed by atoms with Gasteiger partial charge in [-0.3, -0.25) is 4.79 Å². The number of aliphatic carboxylic acids is 1. The van der Waals surface area contributed by atoms with E-state index < -0.39 is 5.97 Å². The highest BCUT2D eigenvalue weighted by Gasteiger charge is 1.88. The molecule has 0 aromatic rings. The van der Waals surface area contributed by atoms with E-state index in [2.05, 4.69) is 12.6 Å². The molecule has 0 heterocycles. The van der Waals surface area contributed by atoms with E-state index in [1.807, 2.05) is 0 Å². The number of halogens is 1. The Morgan fingerprint density at radius 1 is 1.71 bits per heavy atom. The second kappa shape index (κ2) is 6.11. The molecule has 0 radical (unpaired) electrons. The normalized spacial score (nSPS) is 7.00. The molecule has 0 saturated heterocycles. The Balaban J connectivity index is 0.